The minimum absolute atomic E-state index is 0.0688. The van der Waals surface area contributed by atoms with Gasteiger partial charge in [-0.1, -0.05) is 139 Å². The van der Waals surface area contributed by atoms with Gasteiger partial charge in [-0.05, 0) is 59.4 Å². The highest BCUT2D eigenvalue weighted by molar-refractivity contribution is 5.74. The monoisotopic (exact) mass is 593 g/mol. The Bertz CT molecular complexity index is 1300. The Morgan fingerprint density at radius 1 is 0.659 bits per heavy atom. The summed E-state index contributed by atoms with van der Waals surface area (Å²) in [7, 11) is 0. The molecule has 0 bridgehead atoms. The quantitative estimate of drug-likeness (QED) is 0.0533. The van der Waals surface area contributed by atoms with Crippen molar-refractivity contribution in [1.82, 2.24) is 0 Å². The zero-order chi connectivity index (χ0) is 31.4. The minimum Gasteiger partial charge on any atom is -0.372 e. The van der Waals surface area contributed by atoms with Gasteiger partial charge in [0.2, 0.25) is 0 Å². The van der Waals surface area contributed by atoms with Crippen LogP contribution in [0, 0.1) is 21.4 Å². The Morgan fingerprint density at radius 3 is 1.61 bits per heavy atom. The third-order valence-corrected chi connectivity index (χ3v) is 8.35. The highest BCUT2D eigenvalue weighted by atomic mass is 16.6. The molecule has 0 spiro atoms. The standard InChI is InChI=1S/C39H51N3O2/c1-3-5-7-9-11-13-15-29-41(30-16-14-12-10-8-6-4-2)38-26-24-36(25-27-38)35-22-19-33(20-23-35)17-18-34-21-28-39(42(43)44)37(31-34)32-40/h17-28,31H,3-16,29-30H2,1-2H3/b18-17+. The van der Waals surface area contributed by atoms with Crippen LogP contribution in [0.4, 0.5) is 11.4 Å². The molecular weight excluding hydrogens is 542 g/mol. The van der Waals surface area contributed by atoms with Gasteiger partial charge in [-0.25, -0.2) is 0 Å². The molecule has 0 amide bonds. The van der Waals surface area contributed by atoms with Crippen LogP contribution >= 0.6 is 0 Å². The summed E-state index contributed by atoms with van der Waals surface area (Å²) in [5, 5.41) is 20.3. The van der Waals surface area contributed by atoms with Gasteiger partial charge in [0.1, 0.15) is 11.6 Å². The van der Waals surface area contributed by atoms with Gasteiger partial charge in [-0.15, -0.1) is 0 Å². The summed E-state index contributed by atoms with van der Waals surface area (Å²) in [6, 6.07) is 24.0. The number of anilines is 1. The van der Waals surface area contributed by atoms with Crippen LogP contribution in [0.1, 0.15) is 120 Å². The molecule has 234 valence electrons. The van der Waals surface area contributed by atoms with E-state index in [4.69, 9.17) is 0 Å². The lowest BCUT2D eigenvalue weighted by Crippen LogP contribution is -2.25. The fourth-order valence-corrected chi connectivity index (χ4v) is 5.64. The molecule has 0 saturated heterocycles. The molecular formula is C39H51N3O2. The molecule has 0 aliphatic carbocycles. The topological polar surface area (TPSA) is 70.2 Å². The van der Waals surface area contributed by atoms with Crippen LogP contribution in [0.15, 0.2) is 66.7 Å². The van der Waals surface area contributed by atoms with Gasteiger partial charge >= 0.3 is 0 Å². The molecule has 0 atom stereocenters. The largest absolute Gasteiger partial charge is 0.372 e. The van der Waals surface area contributed by atoms with Crippen LogP contribution in [0.2, 0.25) is 0 Å². The Kier molecular flexibility index (Phi) is 15.8. The fraction of sp³-hybridized carbons (Fsp3) is 0.462. The highest BCUT2D eigenvalue weighted by Gasteiger charge is 2.13. The normalized spacial score (nSPS) is 11.1. The lowest BCUT2D eigenvalue weighted by atomic mass is 10.0. The van der Waals surface area contributed by atoms with Gasteiger partial charge in [-0.3, -0.25) is 10.1 Å². The predicted octanol–water partition coefficient (Wildman–Crippen LogP) is 11.6. The summed E-state index contributed by atoms with van der Waals surface area (Å²) in [6.07, 6.45) is 22.5. The zero-order valence-electron chi connectivity index (χ0n) is 27.0. The summed E-state index contributed by atoms with van der Waals surface area (Å²) in [5.74, 6) is 0. The van der Waals surface area contributed by atoms with Crippen LogP contribution in [-0.2, 0) is 0 Å². The molecule has 0 aliphatic rings. The molecule has 0 radical (unpaired) electrons. The molecule has 0 saturated carbocycles. The van der Waals surface area contributed by atoms with Crippen molar-refractivity contribution in [2.75, 3.05) is 18.0 Å². The number of hydrogen-bond acceptors (Lipinski definition) is 4. The van der Waals surface area contributed by atoms with E-state index in [1.165, 1.54) is 113 Å². The molecule has 0 aliphatic heterocycles. The zero-order valence-corrected chi connectivity index (χ0v) is 27.0. The fourth-order valence-electron chi connectivity index (χ4n) is 5.64. The van der Waals surface area contributed by atoms with E-state index in [0.29, 0.717) is 0 Å². The van der Waals surface area contributed by atoms with E-state index in [0.717, 1.165) is 24.2 Å². The molecule has 3 aromatic carbocycles. The maximum Gasteiger partial charge on any atom is 0.287 e. The van der Waals surface area contributed by atoms with Crippen LogP contribution < -0.4 is 4.90 Å². The number of rotatable bonds is 21. The summed E-state index contributed by atoms with van der Waals surface area (Å²) >= 11 is 0. The maximum absolute atomic E-state index is 11.1. The summed E-state index contributed by atoms with van der Waals surface area (Å²) in [6.45, 7) is 6.82. The van der Waals surface area contributed by atoms with Crippen molar-refractivity contribution in [3.05, 3.63) is 93.5 Å². The Hall–Kier alpha value is -3.91. The van der Waals surface area contributed by atoms with Crippen LogP contribution in [0.3, 0.4) is 0 Å². The van der Waals surface area contributed by atoms with E-state index < -0.39 is 4.92 Å². The summed E-state index contributed by atoms with van der Waals surface area (Å²) in [4.78, 5) is 13.2. The van der Waals surface area contributed by atoms with Crippen molar-refractivity contribution in [2.24, 2.45) is 0 Å². The van der Waals surface area contributed by atoms with Gasteiger partial charge in [-0.2, -0.15) is 5.26 Å². The Morgan fingerprint density at radius 2 is 1.11 bits per heavy atom. The molecule has 0 aromatic heterocycles. The van der Waals surface area contributed by atoms with Crippen molar-refractivity contribution in [2.45, 2.75) is 104 Å². The van der Waals surface area contributed by atoms with E-state index in [2.05, 4.69) is 67.3 Å². The van der Waals surface area contributed by atoms with Crippen molar-refractivity contribution < 1.29 is 4.92 Å². The minimum atomic E-state index is -0.526. The molecule has 3 rings (SSSR count). The average Bonchev–Trinajstić information content (AvgIpc) is 3.05. The first-order valence-corrected chi connectivity index (χ1v) is 16.9. The second-order valence-electron chi connectivity index (χ2n) is 11.9. The molecule has 0 unspecified atom stereocenters. The number of nitriles is 1. The van der Waals surface area contributed by atoms with Gasteiger partial charge in [0, 0.05) is 24.8 Å². The highest BCUT2D eigenvalue weighted by Crippen LogP contribution is 2.26. The smallest absolute Gasteiger partial charge is 0.287 e. The van der Waals surface area contributed by atoms with E-state index in [1.54, 1.807) is 12.1 Å². The first kappa shape index (κ1) is 34.6. The number of nitrogens with zero attached hydrogens (tertiary/aromatic N) is 3. The van der Waals surface area contributed by atoms with Gasteiger partial charge < -0.3 is 4.90 Å². The van der Waals surface area contributed by atoms with E-state index in [1.807, 2.05) is 18.2 Å². The van der Waals surface area contributed by atoms with Crippen molar-refractivity contribution in [3.8, 4) is 17.2 Å². The van der Waals surface area contributed by atoms with E-state index >= 15 is 0 Å². The van der Waals surface area contributed by atoms with Gasteiger partial charge in [0.05, 0.1) is 4.92 Å². The average molecular weight is 594 g/mol. The molecule has 0 N–H and O–H groups in total. The second kappa shape index (κ2) is 20.1. The Labute approximate surface area is 265 Å². The molecule has 0 heterocycles. The molecule has 0 fully saturated rings. The third-order valence-electron chi connectivity index (χ3n) is 8.35. The second-order valence-corrected chi connectivity index (χ2v) is 11.9. The summed E-state index contributed by atoms with van der Waals surface area (Å²) < 4.78 is 0. The van der Waals surface area contributed by atoms with Crippen LogP contribution in [0.5, 0.6) is 0 Å². The molecule has 3 aromatic rings. The predicted molar refractivity (Wildman–Crippen MR) is 187 cm³/mol. The summed E-state index contributed by atoms with van der Waals surface area (Å²) in [5.41, 5.74) is 5.37. The van der Waals surface area contributed by atoms with Gasteiger partial charge in [0.15, 0.2) is 0 Å². The number of nitro groups is 1. The molecule has 5 heteroatoms. The SMILES string of the molecule is CCCCCCCCCN(CCCCCCCCC)c1ccc(-c2ccc(/C=C/c3ccc([N+](=O)[O-])c(C#N)c3)cc2)cc1. The lowest BCUT2D eigenvalue weighted by Gasteiger charge is -2.25. The van der Waals surface area contributed by atoms with Crippen molar-refractivity contribution >= 4 is 23.5 Å². The van der Waals surface area contributed by atoms with Crippen LogP contribution in [-0.4, -0.2) is 18.0 Å². The molecule has 44 heavy (non-hydrogen) atoms. The maximum atomic E-state index is 11.1. The van der Waals surface area contributed by atoms with Gasteiger partial charge in [0.25, 0.3) is 5.69 Å². The van der Waals surface area contributed by atoms with Crippen LogP contribution in [0.25, 0.3) is 23.3 Å². The lowest BCUT2D eigenvalue weighted by molar-refractivity contribution is -0.385. The van der Waals surface area contributed by atoms with Crippen molar-refractivity contribution in [3.63, 3.8) is 0 Å². The molecule has 5 nitrogen and oxygen atoms in total. The van der Waals surface area contributed by atoms with E-state index in [9.17, 15) is 15.4 Å². The van der Waals surface area contributed by atoms with Crippen molar-refractivity contribution in [1.29, 1.82) is 5.26 Å². The number of nitro benzene ring substituents is 1. The third kappa shape index (κ3) is 12.0. The van der Waals surface area contributed by atoms with E-state index in [-0.39, 0.29) is 11.3 Å². The number of hydrogen-bond donors (Lipinski definition) is 0. The first-order chi connectivity index (χ1) is 21.5. The number of unbranched alkanes of at least 4 members (excludes halogenated alkanes) is 12. The first-order valence-electron chi connectivity index (χ1n) is 16.9. The Balaban J connectivity index is 1.59. The number of benzene rings is 3.